The molecule has 0 bridgehead atoms. The summed E-state index contributed by atoms with van der Waals surface area (Å²) >= 11 is 0. The molecular weight excluding hydrogens is 472 g/mol. The van der Waals surface area contributed by atoms with Crippen LogP contribution in [-0.4, -0.2) is 35.0 Å². The quantitative estimate of drug-likeness (QED) is 0.387. The maximum atomic E-state index is 12.0. The fraction of sp³-hybridized carbons (Fsp3) is 0.971. The Morgan fingerprint density at radius 2 is 1.61 bits per heavy atom. The SMILES string of the molecule is CC(=O)O[C@@H]([C@H]1C[C@@H](C)[C@H]2[C@H](O1)[C@H](C)[C@@]1(C)[C@@H]3CC[C@H]4C(C)(C)C(C)CC[C@@]45C[C@@]35CC[C@]21C)C(C)(C)O. The Balaban J connectivity index is 1.35. The van der Waals surface area contributed by atoms with Crippen LogP contribution in [-0.2, 0) is 14.3 Å². The van der Waals surface area contributed by atoms with E-state index in [4.69, 9.17) is 9.47 Å². The van der Waals surface area contributed by atoms with Crippen LogP contribution in [0.3, 0.4) is 0 Å². The van der Waals surface area contributed by atoms with Crippen LogP contribution < -0.4 is 0 Å². The number of rotatable bonds is 3. The van der Waals surface area contributed by atoms with E-state index in [2.05, 4.69) is 48.5 Å². The van der Waals surface area contributed by atoms with Crippen LogP contribution in [0.2, 0.25) is 0 Å². The fourth-order valence-electron chi connectivity index (χ4n) is 13.0. The summed E-state index contributed by atoms with van der Waals surface area (Å²) in [4.78, 5) is 12.0. The maximum absolute atomic E-state index is 12.0. The number of hydrogen-bond donors (Lipinski definition) is 1. The molecule has 5 saturated carbocycles. The minimum atomic E-state index is -1.14. The normalized spacial score (nSPS) is 55.4. The summed E-state index contributed by atoms with van der Waals surface area (Å²) in [6.45, 7) is 22.9. The molecule has 13 atom stereocenters. The van der Waals surface area contributed by atoms with E-state index in [1.165, 1.54) is 51.9 Å². The lowest BCUT2D eigenvalue weighted by Gasteiger charge is -2.64. The molecule has 1 aliphatic heterocycles. The van der Waals surface area contributed by atoms with E-state index in [-0.39, 0.29) is 29.0 Å². The molecule has 1 saturated heterocycles. The van der Waals surface area contributed by atoms with Gasteiger partial charge in [-0.15, -0.1) is 0 Å². The zero-order valence-corrected chi connectivity index (χ0v) is 26.0. The molecule has 2 spiro atoms. The van der Waals surface area contributed by atoms with Gasteiger partial charge in [-0.2, -0.15) is 0 Å². The van der Waals surface area contributed by atoms with E-state index in [1.807, 2.05) is 0 Å². The fourth-order valence-corrected chi connectivity index (χ4v) is 13.0. The average Bonchev–Trinajstić information content (AvgIpc) is 3.44. The van der Waals surface area contributed by atoms with Crippen molar-refractivity contribution in [3.63, 3.8) is 0 Å². The second kappa shape index (κ2) is 8.02. The predicted molar refractivity (Wildman–Crippen MR) is 150 cm³/mol. The Kier molecular flexibility index (Phi) is 5.81. The van der Waals surface area contributed by atoms with E-state index >= 15 is 0 Å². The molecule has 0 amide bonds. The molecule has 38 heavy (non-hydrogen) atoms. The molecule has 6 fully saturated rings. The maximum Gasteiger partial charge on any atom is 0.303 e. The molecule has 0 aromatic heterocycles. The molecule has 0 aromatic carbocycles. The van der Waals surface area contributed by atoms with E-state index in [1.54, 1.807) is 13.8 Å². The van der Waals surface area contributed by atoms with Gasteiger partial charge in [0.05, 0.1) is 17.8 Å². The Morgan fingerprint density at radius 3 is 2.24 bits per heavy atom. The van der Waals surface area contributed by atoms with Gasteiger partial charge in [0.2, 0.25) is 0 Å². The van der Waals surface area contributed by atoms with Gasteiger partial charge in [-0.05, 0) is 128 Å². The van der Waals surface area contributed by atoms with Gasteiger partial charge in [0.15, 0.2) is 6.10 Å². The Hall–Kier alpha value is -0.610. The summed E-state index contributed by atoms with van der Waals surface area (Å²) in [7, 11) is 0. The van der Waals surface area contributed by atoms with Crippen molar-refractivity contribution in [3.8, 4) is 0 Å². The zero-order chi connectivity index (χ0) is 27.8. The van der Waals surface area contributed by atoms with Gasteiger partial charge in [0.1, 0.15) is 0 Å². The molecule has 0 aromatic rings. The van der Waals surface area contributed by atoms with Gasteiger partial charge in [0, 0.05) is 6.92 Å². The summed E-state index contributed by atoms with van der Waals surface area (Å²) in [5, 5.41) is 11.0. The minimum Gasteiger partial charge on any atom is -0.457 e. The third kappa shape index (κ3) is 3.14. The first-order valence-electron chi connectivity index (χ1n) is 16.0. The first kappa shape index (κ1) is 27.6. The highest BCUT2D eigenvalue weighted by Gasteiger charge is 2.84. The highest BCUT2D eigenvalue weighted by atomic mass is 16.6. The van der Waals surface area contributed by atoms with E-state index < -0.39 is 11.7 Å². The lowest BCUT2D eigenvalue weighted by molar-refractivity contribution is -0.211. The first-order valence-corrected chi connectivity index (χ1v) is 16.0. The van der Waals surface area contributed by atoms with Crippen molar-refractivity contribution in [2.75, 3.05) is 0 Å². The van der Waals surface area contributed by atoms with Gasteiger partial charge in [-0.1, -0.05) is 48.5 Å². The standard InChI is InChI=1S/C34H56O4/c1-19-17-23(28(30(7,8)36)37-22(4)35)38-27-21(3)32(10)25-12-11-24-29(5,6)20(2)13-14-33(24)18-34(25,33)16-15-31(32,9)26(19)27/h19-21,23-28,36H,11-18H2,1-10H3/t19-,20?,21+,23-,24+,25+,26+,27-,28+,31-,32+,33-,34+/m1/s1. The molecule has 6 rings (SSSR count). The van der Waals surface area contributed by atoms with E-state index in [0.717, 1.165) is 24.2 Å². The van der Waals surface area contributed by atoms with Crippen molar-refractivity contribution in [2.24, 2.45) is 62.6 Å². The van der Waals surface area contributed by atoms with Crippen molar-refractivity contribution >= 4 is 5.97 Å². The van der Waals surface area contributed by atoms with Crippen molar-refractivity contribution in [1.82, 2.24) is 0 Å². The topological polar surface area (TPSA) is 55.8 Å². The highest BCUT2D eigenvalue weighted by Crippen LogP contribution is 2.90. The molecule has 216 valence electrons. The summed E-state index contributed by atoms with van der Waals surface area (Å²) < 4.78 is 12.8. The molecule has 0 radical (unpaired) electrons. The molecule has 5 aliphatic carbocycles. The predicted octanol–water partition coefficient (Wildman–Crippen LogP) is 7.41. The number of aliphatic hydroxyl groups is 1. The molecule has 6 aliphatic rings. The molecular formula is C34H56O4. The van der Waals surface area contributed by atoms with Crippen LogP contribution in [0.1, 0.15) is 121 Å². The number of carbonyl (C=O) groups is 1. The van der Waals surface area contributed by atoms with Gasteiger partial charge in [-0.3, -0.25) is 4.79 Å². The van der Waals surface area contributed by atoms with Crippen molar-refractivity contribution in [1.29, 1.82) is 0 Å². The number of fused-ring (bicyclic) bond motifs is 4. The third-order valence-electron chi connectivity index (χ3n) is 15.2. The van der Waals surface area contributed by atoms with Gasteiger partial charge in [0.25, 0.3) is 0 Å². The summed E-state index contributed by atoms with van der Waals surface area (Å²) in [6, 6.07) is 0. The lowest BCUT2D eigenvalue weighted by atomic mass is 9.40. The molecule has 4 heteroatoms. The largest absolute Gasteiger partial charge is 0.457 e. The van der Waals surface area contributed by atoms with Crippen LogP contribution in [0.15, 0.2) is 0 Å². The summed E-state index contributed by atoms with van der Waals surface area (Å²) in [5.41, 5.74) is 0.948. The zero-order valence-electron chi connectivity index (χ0n) is 26.0. The van der Waals surface area contributed by atoms with Crippen LogP contribution in [0, 0.1) is 62.6 Å². The van der Waals surface area contributed by atoms with E-state index in [0.29, 0.717) is 34.0 Å². The average molecular weight is 529 g/mol. The van der Waals surface area contributed by atoms with Crippen molar-refractivity contribution in [2.45, 2.75) is 145 Å². The molecule has 1 heterocycles. The Morgan fingerprint density at radius 1 is 0.974 bits per heavy atom. The van der Waals surface area contributed by atoms with E-state index in [9.17, 15) is 9.90 Å². The lowest BCUT2D eigenvalue weighted by Crippen LogP contribution is -2.58. The van der Waals surface area contributed by atoms with Crippen LogP contribution in [0.25, 0.3) is 0 Å². The van der Waals surface area contributed by atoms with Gasteiger partial charge >= 0.3 is 5.97 Å². The number of esters is 1. The summed E-state index contributed by atoms with van der Waals surface area (Å²) in [6.07, 6.45) is 9.97. The van der Waals surface area contributed by atoms with Crippen LogP contribution in [0.4, 0.5) is 0 Å². The van der Waals surface area contributed by atoms with Gasteiger partial charge in [-0.25, -0.2) is 0 Å². The van der Waals surface area contributed by atoms with Crippen LogP contribution in [0.5, 0.6) is 0 Å². The monoisotopic (exact) mass is 528 g/mol. The number of hydrogen-bond acceptors (Lipinski definition) is 4. The molecule has 1 N–H and O–H groups in total. The second-order valence-electron chi connectivity index (χ2n) is 17.0. The van der Waals surface area contributed by atoms with Crippen LogP contribution >= 0.6 is 0 Å². The van der Waals surface area contributed by atoms with Gasteiger partial charge < -0.3 is 14.6 Å². The first-order chi connectivity index (χ1) is 17.5. The molecule has 4 nitrogen and oxygen atoms in total. The Labute approximate surface area is 232 Å². The second-order valence-corrected chi connectivity index (χ2v) is 17.0. The van der Waals surface area contributed by atoms with Crippen molar-refractivity contribution in [3.05, 3.63) is 0 Å². The third-order valence-corrected chi connectivity index (χ3v) is 15.2. The number of carbonyl (C=O) groups excluding carboxylic acids is 1. The minimum absolute atomic E-state index is 0.157. The summed E-state index contributed by atoms with van der Waals surface area (Å²) in [5.74, 6) is 3.60. The Bertz CT molecular complexity index is 997. The highest BCUT2D eigenvalue weighted by molar-refractivity contribution is 5.66. The number of ether oxygens (including phenoxy) is 2. The molecule has 1 unspecified atom stereocenters. The van der Waals surface area contributed by atoms with Crippen molar-refractivity contribution < 1.29 is 19.4 Å². The smallest absolute Gasteiger partial charge is 0.303 e.